The summed E-state index contributed by atoms with van der Waals surface area (Å²) in [5.41, 5.74) is 6.71. The maximum absolute atomic E-state index is 11.9. The van der Waals surface area contributed by atoms with Gasteiger partial charge >= 0.3 is 6.09 Å². The van der Waals surface area contributed by atoms with Gasteiger partial charge in [-0.05, 0) is 18.9 Å². The van der Waals surface area contributed by atoms with Crippen molar-refractivity contribution in [2.45, 2.75) is 38.5 Å². The first-order chi connectivity index (χ1) is 9.78. The van der Waals surface area contributed by atoms with Gasteiger partial charge in [0.1, 0.15) is 0 Å². The zero-order valence-electron chi connectivity index (χ0n) is 13.9. The molecule has 1 aliphatic heterocycles. The summed E-state index contributed by atoms with van der Waals surface area (Å²) in [6, 6.07) is 0.983. The molecule has 1 fully saturated rings. The highest BCUT2D eigenvalue weighted by Crippen LogP contribution is 2.15. The van der Waals surface area contributed by atoms with Gasteiger partial charge in [-0.3, -0.25) is 0 Å². The lowest BCUT2D eigenvalue weighted by Gasteiger charge is -2.22. The maximum atomic E-state index is 11.9. The van der Waals surface area contributed by atoms with Crippen molar-refractivity contribution in [1.82, 2.24) is 4.90 Å². The molecule has 1 atom stereocenters. The summed E-state index contributed by atoms with van der Waals surface area (Å²) >= 11 is 0. The molecule has 0 aromatic carbocycles. The lowest BCUT2D eigenvalue weighted by molar-refractivity contribution is 0.0706. The predicted molar refractivity (Wildman–Crippen MR) is 87.9 cm³/mol. The Labute approximate surface area is 129 Å². The van der Waals surface area contributed by atoms with E-state index in [1.54, 1.807) is 7.05 Å². The van der Waals surface area contributed by atoms with Crippen molar-refractivity contribution in [3.8, 4) is 0 Å². The molecule has 0 aromatic rings. The van der Waals surface area contributed by atoms with E-state index in [0.29, 0.717) is 24.8 Å². The lowest BCUT2D eigenvalue weighted by atomic mass is 10.0. The van der Waals surface area contributed by atoms with Gasteiger partial charge in [0.25, 0.3) is 0 Å². The average Bonchev–Trinajstić information content (AvgIpc) is 2.38. The van der Waals surface area contributed by atoms with Crippen molar-refractivity contribution in [1.29, 1.82) is 0 Å². The van der Waals surface area contributed by atoms with Crippen molar-refractivity contribution in [2.75, 3.05) is 33.4 Å². The summed E-state index contributed by atoms with van der Waals surface area (Å²) < 4.78 is 10.7. The molecular weight excluding hydrogens is 284 g/mol. The normalized spacial score (nSPS) is 20.2. The number of ether oxygens (including phenoxy) is 2. The summed E-state index contributed by atoms with van der Waals surface area (Å²) in [4.78, 5) is 13.4. The topological polar surface area (TPSA) is 64.8 Å². The number of carbonyl (C=O) groups is 1. The molecule has 0 aromatic heterocycles. The van der Waals surface area contributed by atoms with Crippen molar-refractivity contribution < 1.29 is 14.3 Å². The smallest absolute Gasteiger partial charge is 0.409 e. The number of likely N-dealkylation sites (N-methyl/N-ethyl adjacent to an activating group) is 1. The van der Waals surface area contributed by atoms with E-state index in [4.69, 9.17) is 15.2 Å². The van der Waals surface area contributed by atoms with E-state index in [1.807, 2.05) is 6.08 Å². The number of rotatable bonds is 6. The van der Waals surface area contributed by atoms with Crippen molar-refractivity contribution in [3.63, 3.8) is 0 Å². The van der Waals surface area contributed by atoms with E-state index < -0.39 is 8.07 Å². The molecule has 1 saturated heterocycles. The molecule has 2 N–H and O–H groups in total. The molecule has 122 valence electrons. The van der Waals surface area contributed by atoms with Crippen LogP contribution in [-0.4, -0.2) is 52.5 Å². The molecule has 1 amide bonds. The van der Waals surface area contributed by atoms with E-state index in [1.165, 1.54) is 4.90 Å². The molecule has 0 saturated carbocycles. The van der Waals surface area contributed by atoms with Gasteiger partial charge in [0.15, 0.2) is 0 Å². The van der Waals surface area contributed by atoms with Crippen LogP contribution in [0.15, 0.2) is 11.8 Å². The zero-order valence-corrected chi connectivity index (χ0v) is 14.9. The summed E-state index contributed by atoms with van der Waals surface area (Å²) in [5.74, 6) is 0.370. The van der Waals surface area contributed by atoms with Crippen LogP contribution in [0, 0.1) is 5.92 Å². The molecule has 21 heavy (non-hydrogen) atoms. The van der Waals surface area contributed by atoms with Crippen LogP contribution in [0.25, 0.3) is 0 Å². The molecule has 6 heteroatoms. The third kappa shape index (κ3) is 8.11. The molecule has 1 heterocycles. The molecule has 0 aliphatic carbocycles. The average molecular weight is 315 g/mol. The van der Waals surface area contributed by atoms with Gasteiger partial charge < -0.3 is 20.1 Å². The van der Waals surface area contributed by atoms with E-state index in [2.05, 4.69) is 19.6 Å². The Morgan fingerprint density at radius 2 is 2.19 bits per heavy atom. The van der Waals surface area contributed by atoms with Crippen LogP contribution in [0.2, 0.25) is 25.7 Å². The highest BCUT2D eigenvalue weighted by Gasteiger charge is 2.17. The highest BCUT2D eigenvalue weighted by molar-refractivity contribution is 6.76. The number of nitrogens with two attached hydrogens (primary N) is 1. The number of carbonyl (C=O) groups excluding carboxylic acids is 1. The number of hydrogen-bond acceptors (Lipinski definition) is 4. The highest BCUT2D eigenvalue weighted by atomic mass is 28.3. The summed E-state index contributed by atoms with van der Waals surface area (Å²) in [5, 5.41) is 0. The van der Waals surface area contributed by atoms with Crippen molar-refractivity contribution in [3.05, 3.63) is 11.8 Å². The van der Waals surface area contributed by atoms with Gasteiger partial charge in [0.05, 0.1) is 19.8 Å². The van der Waals surface area contributed by atoms with Crippen LogP contribution in [0.4, 0.5) is 4.79 Å². The summed E-state index contributed by atoms with van der Waals surface area (Å²) in [6.07, 6.45) is 3.89. The van der Waals surface area contributed by atoms with Gasteiger partial charge in [-0.1, -0.05) is 25.7 Å². The van der Waals surface area contributed by atoms with E-state index in [9.17, 15) is 4.79 Å². The fraction of sp³-hybridized carbons (Fsp3) is 0.800. The third-order valence-electron chi connectivity index (χ3n) is 3.45. The van der Waals surface area contributed by atoms with Crippen LogP contribution >= 0.6 is 0 Å². The van der Waals surface area contributed by atoms with Gasteiger partial charge in [-0.15, -0.1) is 0 Å². The monoisotopic (exact) mass is 314 g/mol. The van der Waals surface area contributed by atoms with E-state index in [0.717, 1.165) is 32.1 Å². The quantitative estimate of drug-likeness (QED) is 0.766. The number of amides is 1. The van der Waals surface area contributed by atoms with Gasteiger partial charge in [-0.2, -0.15) is 0 Å². The largest absolute Gasteiger partial charge is 0.450 e. The summed E-state index contributed by atoms with van der Waals surface area (Å²) in [7, 11) is 0.551. The second-order valence-corrected chi connectivity index (χ2v) is 12.6. The van der Waals surface area contributed by atoms with Crippen LogP contribution in [-0.2, 0) is 9.47 Å². The molecule has 0 radical (unpaired) electrons. The molecule has 5 nitrogen and oxygen atoms in total. The molecule has 1 aliphatic rings. The first kappa shape index (κ1) is 18.0. The second kappa shape index (κ2) is 8.43. The second-order valence-electron chi connectivity index (χ2n) is 7.00. The predicted octanol–water partition coefficient (Wildman–Crippen LogP) is 2.66. The van der Waals surface area contributed by atoms with Crippen LogP contribution in [0.1, 0.15) is 12.8 Å². The molecule has 0 spiro atoms. The Hall–Kier alpha value is -1.01. The minimum absolute atomic E-state index is 0.301. The fourth-order valence-corrected chi connectivity index (χ4v) is 2.86. The van der Waals surface area contributed by atoms with Crippen LogP contribution < -0.4 is 5.73 Å². The van der Waals surface area contributed by atoms with E-state index in [-0.39, 0.29) is 6.09 Å². The Balaban J connectivity index is 2.31. The maximum Gasteiger partial charge on any atom is 0.409 e. The third-order valence-corrected chi connectivity index (χ3v) is 5.16. The minimum atomic E-state index is -1.17. The van der Waals surface area contributed by atoms with Gasteiger partial charge in [0, 0.05) is 33.3 Å². The molecular formula is C15H30N2O3Si. The van der Waals surface area contributed by atoms with Gasteiger partial charge in [-0.25, -0.2) is 4.79 Å². The molecule has 0 bridgehead atoms. The Bertz CT molecular complexity index is 360. The first-order valence-corrected chi connectivity index (χ1v) is 11.4. The number of nitrogens with zero attached hydrogens (tertiary/aromatic N) is 1. The molecule has 0 unspecified atom stereocenters. The Kier molecular flexibility index (Phi) is 7.24. The fourth-order valence-electron chi connectivity index (χ4n) is 2.15. The lowest BCUT2D eigenvalue weighted by Crippen LogP contribution is -2.33. The zero-order chi connectivity index (χ0) is 15.9. The molecule has 1 rings (SSSR count). The van der Waals surface area contributed by atoms with Gasteiger partial charge in [0.2, 0.25) is 0 Å². The Morgan fingerprint density at radius 3 is 2.76 bits per heavy atom. The summed E-state index contributed by atoms with van der Waals surface area (Å²) in [6.45, 7) is 9.26. The van der Waals surface area contributed by atoms with Crippen molar-refractivity contribution >= 4 is 14.2 Å². The SMILES string of the molecule is CN(C/C(N)=C/[C@H]1CCCOC1)C(=O)OCC[Si](C)(C)C. The van der Waals surface area contributed by atoms with Crippen LogP contribution in [0.3, 0.4) is 0 Å². The Morgan fingerprint density at radius 1 is 1.48 bits per heavy atom. The number of hydrogen-bond donors (Lipinski definition) is 1. The minimum Gasteiger partial charge on any atom is -0.450 e. The van der Waals surface area contributed by atoms with E-state index >= 15 is 0 Å². The van der Waals surface area contributed by atoms with Crippen molar-refractivity contribution in [2.24, 2.45) is 11.7 Å². The van der Waals surface area contributed by atoms with Crippen LogP contribution in [0.5, 0.6) is 0 Å². The standard InChI is InChI=1S/C15H30N2O3Si/c1-17(15(18)20-8-9-21(2,3)4)11-14(16)10-13-6-5-7-19-12-13/h10,13H,5-9,11-12,16H2,1-4H3/b14-10-/t13-/m1/s1. The first-order valence-electron chi connectivity index (χ1n) is 7.70.